The molecule has 0 saturated carbocycles. The van der Waals surface area contributed by atoms with Gasteiger partial charge in [-0.1, -0.05) is 48.5 Å². The third kappa shape index (κ3) is 5.67. The van der Waals surface area contributed by atoms with Crippen LogP contribution in [0.25, 0.3) is 22.2 Å². The minimum atomic E-state index is -4.41. The van der Waals surface area contributed by atoms with Gasteiger partial charge in [0.1, 0.15) is 15.7 Å². The van der Waals surface area contributed by atoms with Gasteiger partial charge in [-0.25, -0.2) is 13.0 Å². The van der Waals surface area contributed by atoms with E-state index in [0.29, 0.717) is 0 Å². The Kier molecular flexibility index (Phi) is 7.91. The molecular weight excluding hydrogens is 516 g/mol. The number of aryl methyl sites for hydroxylation is 2. The molecule has 0 spiro atoms. The molecule has 0 aliphatic heterocycles. The van der Waals surface area contributed by atoms with Crippen LogP contribution in [-0.4, -0.2) is 24.6 Å². The number of para-hydroxylation sites is 1. The van der Waals surface area contributed by atoms with Crippen molar-refractivity contribution in [1.82, 2.24) is 4.57 Å². The van der Waals surface area contributed by atoms with E-state index < -0.39 is 10.4 Å². The molecule has 0 atom stereocenters. The molecule has 0 saturated heterocycles. The highest BCUT2D eigenvalue weighted by molar-refractivity contribution is 9.11. The minimum absolute atomic E-state index is 0.808. The van der Waals surface area contributed by atoms with E-state index in [0.717, 1.165) is 44.9 Å². The van der Waals surface area contributed by atoms with Crippen molar-refractivity contribution in [2.45, 2.75) is 13.5 Å². The van der Waals surface area contributed by atoms with Crippen LogP contribution < -0.4 is 4.57 Å². The fourth-order valence-corrected chi connectivity index (χ4v) is 4.59. The van der Waals surface area contributed by atoms with Crippen LogP contribution in [0.2, 0.25) is 0 Å². The van der Waals surface area contributed by atoms with Crippen LogP contribution in [-0.2, 0) is 28.2 Å². The summed E-state index contributed by atoms with van der Waals surface area (Å²) in [5.41, 5.74) is 4.35. The van der Waals surface area contributed by atoms with Gasteiger partial charge in [0.2, 0.25) is 10.4 Å². The van der Waals surface area contributed by atoms with E-state index in [1.165, 1.54) is 5.52 Å². The Morgan fingerprint density at radius 3 is 2.31 bits per heavy atom. The molecule has 0 aliphatic carbocycles. The summed E-state index contributed by atoms with van der Waals surface area (Å²) in [5, 5.41) is 11.2. The molecule has 2 aromatic heterocycles. The first-order chi connectivity index (χ1) is 15.2. The lowest BCUT2D eigenvalue weighted by Gasteiger charge is -2.08. The molecule has 0 fully saturated rings. The monoisotopic (exact) mass is 536 g/mol. The topological polar surface area (TPSA) is 100.0 Å². The van der Waals surface area contributed by atoms with Crippen molar-refractivity contribution in [3.8, 4) is 11.3 Å². The standard InChI is InChI=1S/C20H18BrN4S.CH4O4S/c1-3-25-16-12-8-7-11-15(16)18(19(25)14-9-5-4-6-10-14)22-23-20-24(2)13-17(21)26-20;1-5-6(2,3)4/h4-13H,3H2,1-2H3;1H3,(H,2,3,4)/q+1;/p-1. The summed E-state index contributed by atoms with van der Waals surface area (Å²) < 4.78 is 36.3. The van der Waals surface area contributed by atoms with Gasteiger partial charge < -0.3 is 9.12 Å². The molecule has 168 valence electrons. The van der Waals surface area contributed by atoms with E-state index in [9.17, 15) is 13.0 Å². The number of benzene rings is 2. The van der Waals surface area contributed by atoms with E-state index in [4.69, 9.17) is 5.11 Å². The van der Waals surface area contributed by atoms with Crippen molar-refractivity contribution in [2.75, 3.05) is 7.11 Å². The molecule has 32 heavy (non-hydrogen) atoms. The number of nitrogens with zero attached hydrogens (tertiary/aromatic N) is 4. The van der Waals surface area contributed by atoms with Crippen molar-refractivity contribution in [3.63, 3.8) is 0 Å². The SMILES string of the molecule is CCn1c(-c2ccccc2)c(N=Nc2sc(Br)c[n+]2C)c2ccccc21.COS(=O)(=O)[O-]. The maximum Gasteiger partial charge on any atom is 0.409 e. The Hall–Kier alpha value is -2.44. The lowest BCUT2D eigenvalue weighted by Crippen LogP contribution is -2.23. The van der Waals surface area contributed by atoms with E-state index >= 15 is 0 Å². The number of halogens is 1. The second-order valence-electron chi connectivity index (χ2n) is 6.53. The van der Waals surface area contributed by atoms with Crippen molar-refractivity contribution in [1.29, 1.82) is 0 Å². The van der Waals surface area contributed by atoms with E-state index in [2.05, 4.69) is 85.2 Å². The van der Waals surface area contributed by atoms with Crippen LogP contribution >= 0.6 is 27.3 Å². The van der Waals surface area contributed by atoms with Crippen LogP contribution in [0.3, 0.4) is 0 Å². The molecule has 2 aromatic carbocycles. The summed E-state index contributed by atoms with van der Waals surface area (Å²) in [6.07, 6.45) is 1.99. The third-order valence-electron chi connectivity index (χ3n) is 4.53. The van der Waals surface area contributed by atoms with Crippen LogP contribution in [0.15, 0.2) is 74.8 Å². The average molecular weight is 537 g/mol. The molecule has 0 N–H and O–H groups in total. The quantitative estimate of drug-likeness (QED) is 0.146. The van der Waals surface area contributed by atoms with Crippen LogP contribution in [0.1, 0.15) is 6.92 Å². The Morgan fingerprint density at radius 1 is 1.12 bits per heavy atom. The normalized spacial score (nSPS) is 11.7. The fraction of sp³-hybridized carbons (Fsp3) is 0.190. The smallest absolute Gasteiger partial charge is 0.409 e. The molecule has 4 aromatic rings. The van der Waals surface area contributed by atoms with Crippen LogP contribution in [0, 0.1) is 0 Å². The van der Waals surface area contributed by atoms with E-state index in [-0.39, 0.29) is 0 Å². The van der Waals surface area contributed by atoms with Crippen LogP contribution in [0.4, 0.5) is 10.8 Å². The molecule has 0 bridgehead atoms. The van der Waals surface area contributed by atoms with Crippen LogP contribution in [0.5, 0.6) is 0 Å². The predicted octanol–water partition coefficient (Wildman–Crippen LogP) is 5.49. The molecule has 4 rings (SSSR count). The summed E-state index contributed by atoms with van der Waals surface area (Å²) in [7, 11) is -1.63. The van der Waals surface area contributed by atoms with Gasteiger partial charge in [-0.15, -0.1) is 0 Å². The van der Waals surface area contributed by atoms with Crippen molar-refractivity contribution in [2.24, 2.45) is 17.3 Å². The number of aromatic nitrogens is 2. The second kappa shape index (κ2) is 10.5. The van der Waals surface area contributed by atoms with Gasteiger partial charge in [-0.3, -0.25) is 4.18 Å². The van der Waals surface area contributed by atoms with Gasteiger partial charge in [0.25, 0.3) is 0 Å². The summed E-state index contributed by atoms with van der Waals surface area (Å²) in [6.45, 7) is 3.04. The molecule has 0 radical (unpaired) electrons. The zero-order chi connectivity index (χ0) is 23.3. The number of hydrogen-bond donors (Lipinski definition) is 0. The Balaban J connectivity index is 0.000000427. The number of rotatable bonds is 5. The highest BCUT2D eigenvalue weighted by Crippen LogP contribution is 2.41. The molecule has 0 amide bonds. The molecule has 0 unspecified atom stereocenters. The first-order valence-corrected chi connectivity index (χ1v) is 12.4. The van der Waals surface area contributed by atoms with Gasteiger partial charge in [0, 0.05) is 17.5 Å². The summed E-state index contributed by atoms with van der Waals surface area (Å²) >= 11 is 5.07. The summed E-state index contributed by atoms with van der Waals surface area (Å²) in [4.78, 5) is 0. The average Bonchev–Trinajstić information content (AvgIpc) is 3.28. The number of fused-ring (bicyclic) bond motifs is 1. The highest BCUT2D eigenvalue weighted by Gasteiger charge is 2.20. The molecule has 11 heteroatoms. The Morgan fingerprint density at radius 2 is 1.75 bits per heavy atom. The predicted molar refractivity (Wildman–Crippen MR) is 127 cm³/mol. The lowest BCUT2D eigenvalue weighted by molar-refractivity contribution is -0.654. The van der Waals surface area contributed by atoms with Gasteiger partial charge in [0.05, 0.1) is 30.5 Å². The first-order valence-electron chi connectivity index (χ1n) is 9.50. The maximum absolute atomic E-state index is 9.22. The first kappa shape index (κ1) is 24.2. The van der Waals surface area contributed by atoms with Gasteiger partial charge >= 0.3 is 5.13 Å². The zero-order valence-electron chi connectivity index (χ0n) is 17.6. The second-order valence-corrected chi connectivity index (χ2v) is 10.1. The third-order valence-corrected chi connectivity index (χ3v) is 6.48. The molecular formula is C21H21BrN4O4S2. The Labute approximate surface area is 198 Å². The lowest BCUT2D eigenvalue weighted by atomic mass is 10.1. The highest BCUT2D eigenvalue weighted by atomic mass is 79.9. The summed E-state index contributed by atoms with van der Waals surface area (Å²) in [6, 6.07) is 18.8. The molecule has 2 heterocycles. The minimum Gasteiger partial charge on any atom is -0.726 e. The fourth-order valence-electron chi connectivity index (χ4n) is 3.18. The van der Waals surface area contributed by atoms with Crippen molar-refractivity contribution < 1.29 is 21.7 Å². The summed E-state index contributed by atoms with van der Waals surface area (Å²) in [5.74, 6) is 0. The van der Waals surface area contributed by atoms with E-state index in [1.807, 2.05) is 23.9 Å². The largest absolute Gasteiger partial charge is 0.726 e. The van der Waals surface area contributed by atoms with E-state index in [1.54, 1.807) is 11.3 Å². The molecule has 0 aliphatic rings. The number of azo groups is 1. The van der Waals surface area contributed by atoms with Gasteiger partial charge in [-0.05, 0) is 45.4 Å². The number of thiazole rings is 1. The Bertz CT molecular complexity index is 1350. The maximum atomic E-state index is 9.22. The van der Waals surface area contributed by atoms with Gasteiger partial charge in [-0.2, -0.15) is 0 Å². The zero-order valence-corrected chi connectivity index (χ0v) is 20.8. The molecule has 8 nitrogen and oxygen atoms in total. The van der Waals surface area contributed by atoms with Crippen molar-refractivity contribution in [3.05, 3.63) is 64.6 Å². The van der Waals surface area contributed by atoms with Gasteiger partial charge in [0.15, 0.2) is 0 Å². The van der Waals surface area contributed by atoms with Crippen molar-refractivity contribution >= 4 is 59.4 Å². The number of hydrogen-bond acceptors (Lipinski definition) is 7.